The normalized spacial score (nSPS) is 14.1. The summed E-state index contributed by atoms with van der Waals surface area (Å²) in [5.41, 5.74) is -0.0979. The summed E-state index contributed by atoms with van der Waals surface area (Å²) < 4.78 is 35.2. The Morgan fingerprint density at radius 1 is 1.00 bits per heavy atom. The van der Waals surface area contributed by atoms with Crippen molar-refractivity contribution in [2.45, 2.75) is 4.90 Å². The van der Waals surface area contributed by atoms with Gasteiger partial charge in [0.25, 0.3) is 11.8 Å². The van der Waals surface area contributed by atoms with E-state index in [-0.39, 0.29) is 32.6 Å². The fourth-order valence-electron chi connectivity index (χ4n) is 2.42. The van der Waals surface area contributed by atoms with Crippen LogP contribution in [-0.2, 0) is 19.7 Å². The van der Waals surface area contributed by atoms with Gasteiger partial charge < -0.3 is 8.92 Å². The number of hydrogen-bond acceptors (Lipinski definition) is 7. The van der Waals surface area contributed by atoms with Gasteiger partial charge in [-0.3, -0.25) is 20.2 Å². The van der Waals surface area contributed by atoms with Crippen molar-refractivity contribution in [1.29, 1.82) is 0 Å². The number of ether oxygens (including phenoxy) is 1. The van der Waals surface area contributed by atoms with E-state index in [0.717, 1.165) is 0 Å². The molecule has 0 aromatic heterocycles. The van der Waals surface area contributed by atoms with Gasteiger partial charge in [0.05, 0.1) is 12.1 Å². The summed E-state index contributed by atoms with van der Waals surface area (Å²) in [7, 11) is -2.91. The molecular weight excluding hydrogens is 424 g/mol. The first-order valence-corrected chi connectivity index (χ1v) is 9.75. The van der Waals surface area contributed by atoms with Crippen LogP contribution in [0.4, 0.5) is 4.79 Å². The summed E-state index contributed by atoms with van der Waals surface area (Å²) in [6.45, 7) is 0. The number of rotatable bonds is 5. The van der Waals surface area contributed by atoms with Gasteiger partial charge in [-0.25, -0.2) is 4.79 Å². The van der Waals surface area contributed by atoms with Crippen molar-refractivity contribution in [2.24, 2.45) is 0 Å². The summed E-state index contributed by atoms with van der Waals surface area (Å²) in [6, 6.07) is 9.12. The number of imide groups is 2. The fourth-order valence-corrected chi connectivity index (χ4v) is 3.70. The largest absolute Gasteiger partial charge is 0.493 e. The van der Waals surface area contributed by atoms with Crippen molar-refractivity contribution in [2.75, 3.05) is 7.11 Å². The van der Waals surface area contributed by atoms with Gasteiger partial charge >= 0.3 is 16.1 Å². The Morgan fingerprint density at radius 3 is 2.21 bits per heavy atom. The van der Waals surface area contributed by atoms with Crippen LogP contribution in [0.1, 0.15) is 5.56 Å². The minimum Gasteiger partial charge on any atom is -0.493 e. The zero-order chi connectivity index (χ0) is 21.2. The highest BCUT2D eigenvalue weighted by molar-refractivity contribution is 7.87. The first-order chi connectivity index (χ1) is 13.7. The van der Waals surface area contributed by atoms with Gasteiger partial charge in [-0.15, -0.1) is 0 Å². The van der Waals surface area contributed by atoms with E-state index in [9.17, 15) is 22.8 Å². The third-order valence-electron chi connectivity index (χ3n) is 3.73. The van der Waals surface area contributed by atoms with Crippen LogP contribution in [0.3, 0.4) is 0 Å². The van der Waals surface area contributed by atoms with Gasteiger partial charge in [0.1, 0.15) is 10.5 Å². The monoisotopic (exact) mass is 436 g/mol. The molecule has 11 heteroatoms. The molecule has 1 saturated heterocycles. The van der Waals surface area contributed by atoms with Crippen molar-refractivity contribution in [1.82, 2.24) is 10.6 Å². The lowest BCUT2D eigenvalue weighted by Crippen LogP contribution is -2.51. The highest BCUT2D eigenvalue weighted by Crippen LogP contribution is 2.38. The molecule has 4 amide bonds. The molecular formula is C18H13ClN2O7S. The van der Waals surface area contributed by atoms with E-state index in [4.69, 9.17) is 20.5 Å². The maximum Gasteiger partial charge on any atom is 0.339 e. The van der Waals surface area contributed by atoms with Crippen LogP contribution in [0.2, 0.25) is 5.02 Å². The highest BCUT2D eigenvalue weighted by Gasteiger charge is 2.28. The van der Waals surface area contributed by atoms with E-state index in [2.05, 4.69) is 0 Å². The molecule has 2 aromatic rings. The zero-order valence-electron chi connectivity index (χ0n) is 14.8. The number of hydrogen-bond donors (Lipinski definition) is 2. The molecule has 0 atom stereocenters. The predicted molar refractivity (Wildman–Crippen MR) is 102 cm³/mol. The van der Waals surface area contributed by atoms with Crippen LogP contribution in [-0.4, -0.2) is 33.4 Å². The standard InChI is InChI=1S/C18H13ClN2O7S/c1-27-14-9-10(7-12-16(22)20-18(24)21-17(12)23)8-13(19)15(14)28-29(25,26)11-5-3-2-4-6-11/h2-9H,1H3,(H2,20,21,22,23,24). The Bertz CT molecular complexity index is 1120. The number of methoxy groups -OCH3 is 1. The molecule has 0 bridgehead atoms. The summed E-state index contributed by atoms with van der Waals surface area (Å²) >= 11 is 6.17. The van der Waals surface area contributed by atoms with Gasteiger partial charge in [0, 0.05) is 0 Å². The molecule has 1 aliphatic heterocycles. The average Bonchev–Trinajstić information content (AvgIpc) is 2.67. The Balaban J connectivity index is 1.99. The molecule has 0 spiro atoms. The summed E-state index contributed by atoms with van der Waals surface area (Å²) in [5, 5.41) is 3.74. The topological polar surface area (TPSA) is 128 Å². The van der Waals surface area contributed by atoms with Crippen LogP contribution in [0.25, 0.3) is 6.08 Å². The first-order valence-electron chi connectivity index (χ1n) is 7.96. The average molecular weight is 437 g/mol. The van der Waals surface area contributed by atoms with Crippen LogP contribution in [0.15, 0.2) is 52.9 Å². The lowest BCUT2D eigenvalue weighted by atomic mass is 10.1. The number of nitrogens with one attached hydrogen (secondary N) is 2. The lowest BCUT2D eigenvalue weighted by Gasteiger charge is -2.15. The molecule has 29 heavy (non-hydrogen) atoms. The number of barbiturate groups is 1. The molecule has 9 nitrogen and oxygen atoms in total. The Morgan fingerprint density at radius 2 is 1.62 bits per heavy atom. The van der Waals surface area contributed by atoms with Crippen molar-refractivity contribution in [3.63, 3.8) is 0 Å². The second-order valence-corrected chi connectivity index (χ2v) is 7.63. The van der Waals surface area contributed by atoms with Gasteiger partial charge in [-0.2, -0.15) is 8.42 Å². The molecule has 2 N–H and O–H groups in total. The number of amides is 4. The van der Waals surface area contributed by atoms with Crippen molar-refractivity contribution in [3.8, 4) is 11.5 Å². The summed E-state index contributed by atoms with van der Waals surface area (Å²) in [5.74, 6) is -2.08. The SMILES string of the molecule is COc1cc(C=C2C(=O)NC(=O)NC2=O)cc(Cl)c1OS(=O)(=O)c1ccccc1. The fraction of sp³-hybridized carbons (Fsp3) is 0.0556. The minimum absolute atomic E-state index is 0.0449. The molecule has 0 radical (unpaired) electrons. The maximum absolute atomic E-state index is 12.5. The van der Waals surface area contributed by atoms with Crippen molar-refractivity contribution >= 4 is 45.6 Å². The second kappa shape index (κ2) is 7.94. The van der Waals surface area contributed by atoms with E-state index >= 15 is 0 Å². The number of halogens is 1. The third-order valence-corrected chi connectivity index (χ3v) is 5.25. The molecule has 2 aromatic carbocycles. The molecule has 1 aliphatic rings. The number of urea groups is 1. The molecule has 0 aliphatic carbocycles. The van der Waals surface area contributed by atoms with E-state index in [1.807, 2.05) is 10.6 Å². The first kappa shape index (κ1) is 20.4. The van der Waals surface area contributed by atoms with Gasteiger partial charge in [0.2, 0.25) is 5.75 Å². The number of carbonyl (C=O) groups excluding carboxylic acids is 3. The van der Waals surface area contributed by atoms with E-state index < -0.39 is 28.0 Å². The Labute approximate surface area is 170 Å². The van der Waals surface area contributed by atoms with Crippen molar-refractivity contribution in [3.05, 3.63) is 58.6 Å². The van der Waals surface area contributed by atoms with Crippen LogP contribution in [0, 0.1) is 0 Å². The molecule has 3 rings (SSSR count). The molecule has 150 valence electrons. The quantitative estimate of drug-likeness (QED) is 0.416. The van der Waals surface area contributed by atoms with Gasteiger partial charge in [-0.1, -0.05) is 29.8 Å². The minimum atomic E-state index is -4.18. The Kier molecular flexibility index (Phi) is 5.57. The van der Waals surface area contributed by atoms with E-state index in [1.165, 1.54) is 49.6 Å². The smallest absolute Gasteiger partial charge is 0.339 e. The van der Waals surface area contributed by atoms with Crippen LogP contribution < -0.4 is 19.6 Å². The van der Waals surface area contributed by atoms with E-state index in [1.54, 1.807) is 6.07 Å². The predicted octanol–water partition coefficient (Wildman–Crippen LogP) is 1.87. The van der Waals surface area contributed by atoms with E-state index in [0.29, 0.717) is 0 Å². The van der Waals surface area contributed by atoms with Gasteiger partial charge in [-0.05, 0) is 35.9 Å². The summed E-state index contributed by atoms with van der Waals surface area (Å²) in [6.07, 6.45) is 1.17. The molecule has 1 heterocycles. The molecule has 0 saturated carbocycles. The number of benzene rings is 2. The molecule has 0 unspecified atom stereocenters. The summed E-state index contributed by atoms with van der Waals surface area (Å²) in [4.78, 5) is 34.7. The highest BCUT2D eigenvalue weighted by atomic mass is 35.5. The lowest BCUT2D eigenvalue weighted by molar-refractivity contribution is -0.123. The maximum atomic E-state index is 12.5. The van der Waals surface area contributed by atoms with Crippen LogP contribution in [0.5, 0.6) is 11.5 Å². The number of carbonyl (C=O) groups is 3. The Hall–Kier alpha value is -3.37. The second-order valence-electron chi connectivity index (χ2n) is 5.68. The van der Waals surface area contributed by atoms with Crippen LogP contribution >= 0.6 is 11.6 Å². The third kappa shape index (κ3) is 4.39. The zero-order valence-corrected chi connectivity index (χ0v) is 16.3. The molecule has 1 fully saturated rings. The van der Waals surface area contributed by atoms with Crippen molar-refractivity contribution < 1.29 is 31.7 Å². The van der Waals surface area contributed by atoms with Gasteiger partial charge in [0.15, 0.2) is 5.75 Å².